The molecule has 1 aromatic heterocycles. The van der Waals surface area contributed by atoms with E-state index in [2.05, 4.69) is 47.6 Å². The Balaban J connectivity index is 1.64. The van der Waals surface area contributed by atoms with Gasteiger partial charge < -0.3 is 11.1 Å². The third-order valence-corrected chi connectivity index (χ3v) is 5.09. The number of para-hydroxylation sites is 1. The van der Waals surface area contributed by atoms with Crippen LogP contribution in [0.15, 0.2) is 71.5 Å². The number of carbonyl (C=O) groups is 1. The van der Waals surface area contributed by atoms with Crippen LogP contribution in [0.25, 0.3) is 21.7 Å². The Labute approximate surface area is 168 Å². The van der Waals surface area contributed by atoms with Gasteiger partial charge in [0.25, 0.3) is 5.56 Å². The van der Waals surface area contributed by atoms with Crippen molar-refractivity contribution in [2.24, 2.45) is 5.73 Å². The fourth-order valence-electron chi connectivity index (χ4n) is 3.51. The van der Waals surface area contributed by atoms with E-state index in [0.29, 0.717) is 23.3 Å². The fraction of sp³-hybridized carbons (Fsp3) is 0.174. The van der Waals surface area contributed by atoms with E-state index in [4.69, 9.17) is 5.73 Å². The van der Waals surface area contributed by atoms with E-state index in [-0.39, 0.29) is 18.1 Å². The Bertz CT molecular complexity index is 1260. The number of nitrogens with two attached hydrogens (primary N) is 1. The molecule has 0 aliphatic rings. The first-order valence-corrected chi connectivity index (χ1v) is 9.52. The molecule has 29 heavy (non-hydrogen) atoms. The van der Waals surface area contributed by atoms with Crippen molar-refractivity contribution < 1.29 is 4.79 Å². The molecule has 1 heterocycles. The van der Waals surface area contributed by atoms with Crippen LogP contribution in [0, 0.1) is 0 Å². The van der Waals surface area contributed by atoms with Crippen molar-refractivity contribution in [2.75, 3.05) is 0 Å². The maximum Gasteiger partial charge on any atom is 0.261 e. The molecule has 3 N–H and O–H groups in total. The molecule has 4 rings (SSSR count). The molecule has 4 aromatic rings. The van der Waals surface area contributed by atoms with Crippen LogP contribution in [0.4, 0.5) is 0 Å². The topological polar surface area (TPSA) is 90.0 Å². The van der Waals surface area contributed by atoms with Gasteiger partial charge in [0.05, 0.1) is 17.4 Å². The number of amides is 1. The largest absolute Gasteiger partial charge is 0.368 e. The average Bonchev–Trinajstić information content (AvgIpc) is 2.73. The molecule has 1 atom stereocenters. The summed E-state index contributed by atoms with van der Waals surface area (Å²) < 4.78 is 1.35. The van der Waals surface area contributed by atoms with E-state index in [1.54, 1.807) is 18.2 Å². The molecule has 6 nitrogen and oxygen atoms in total. The summed E-state index contributed by atoms with van der Waals surface area (Å²) in [4.78, 5) is 28.9. The van der Waals surface area contributed by atoms with E-state index in [0.717, 1.165) is 5.56 Å². The van der Waals surface area contributed by atoms with Crippen molar-refractivity contribution in [1.29, 1.82) is 0 Å². The van der Waals surface area contributed by atoms with Gasteiger partial charge in [-0.05, 0) is 41.5 Å². The second-order valence-corrected chi connectivity index (χ2v) is 7.11. The van der Waals surface area contributed by atoms with Crippen LogP contribution < -0.4 is 16.6 Å². The van der Waals surface area contributed by atoms with Crippen molar-refractivity contribution in [3.63, 3.8) is 0 Å². The standard InChI is InChI=1S/C23H22N4O2/c1-15(17-11-10-16-6-2-3-7-18(16)12-17)25-13-22-26-20-9-5-4-8-19(20)23(29)27(22)14-21(24)28/h2-12,15,25H,13-14H2,1H3,(H2,24,28)/t15-/m1/s1. The predicted octanol–water partition coefficient (Wildman–Crippen LogP) is 2.89. The fourth-order valence-corrected chi connectivity index (χ4v) is 3.51. The molecule has 0 saturated heterocycles. The molecule has 0 spiro atoms. The van der Waals surface area contributed by atoms with Crippen molar-refractivity contribution in [1.82, 2.24) is 14.9 Å². The molecule has 0 bridgehead atoms. The summed E-state index contributed by atoms with van der Waals surface area (Å²) in [6.45, 7) is 2.20. The average molecular weight is 386 g/mol. The lowest BCUT2D eigenvalue weighted by Crippen LogP contribution is -2.33. The second kappa shape index (κ2) is 7.85. The molecule has 146 valence electrons. The summed E-state index contributed by atoms with van der Waals surface area (Å²) in [5.74, 6) is -0.0897. The molecule has 0 aliphatic carbocycles. The first kappa shape index (κ1) is 18.8. The number of hydrogen-bond acceptors (Lipinski definition) is 4. The summed E-state index contributed by atoms with van der Waals surface area (Å²) in [6, 6.07) is 21.7. The third kappa shape index (κ3) is 3.88. The Morgan fingerprint density at radius 3 is 2.59 bits per heavy atom. The van der Waals surface area contributed by atoms with Gasteiger partial charge in [0, 0.05) is 6.04 Å². The number of fused-ring (bicyclic) bond motifs is 2. The first-order valence-electron chi connectivity index (χ1n) is 9.52. The molecule has 0 radical (unpaired) electrons. The van der Waals surface area contributed by atoms with Crippen molar-refractivity contribution >= 4 is 27.6 Å². The zero-order valence-electron chi connectivity index (χ0n) is 16.1. The Kier molecular flexibility index (Phi) is 5.10. The van der Waals surface area contributed by atoms with Crippen molar-refractivity contribution in [2.45, 2.75) is 26.1 Å². The molecule has 1 amide bonds. The SMILES string of the molecule is C[C@@H](NCc1nc2ccccc2c(=O)n1CC(N)=O)c1ccc2ccccc2c1. The molecule has 0 aliphatic heterocycles. The lowest BCUT2D eigenvalue weighted by Gasteiger charge is -2.17. The van der Waals surface area contributed by atoms with Crippen LogP contribution in [0.1, 0.15) is 24.4 Å². The highest BCUT2D eigenvalue weighted by atomic mass is 16.2. The zero-order chi connectivity index (χ0) is 20.4. The second-order valence-electron chi connectivity index (χ2n) is 7.11. The number of nitrogens with one attached hydrogen (secondary N) is 1. The number of rotatable bonds is 6. The first-order chi connectivity index (χ1) is 14.0. The number of primary amides is 1. The van der Waals surface area contributed by atoms with Gasteiger partial charge in [0.2, 0.25) is 5.91 Å². The number of carbonyl (C=O) groups excluding carboxylic acids is 1. The quantitative estimate of drug-likeness (QED) is 0.533. The maximum absolute atomic E-state index is 12.8. The summed E-state index contributed by atoms with van der Waals surface area (Å²) >= 11 is 0. The summed E-state index contributed by atoms with van der Waals surface area (Å²) in [5, 5.41) is 6.25. The van der Waals surface area contributed by atoms with Gasteiger partial charge in [-0.1, -0.05) is 48.5 Å². The van der Waals surface area contributed by atoms with E-state index < -0.39 is 5.91 Å². The van der Waals surface area contributed by atoms with Gasteiger partial charge in [-0.15, -0.1) is 0 Å². The van der Waals surface area contributed by atoms with E-state index in [1.165, 1.54) is 15.3 Å². The molecule has 3 aromatic carbocycles. The van der Waals surface area contributed by atoms with Crippen LogP contribution in [0.5, 0.6) is 0 Å². The van der Waals surface area contributed by atoms with Gasteiger partial charge in [-0.25, -0.2) is 4.98 Å². The van der Waals surface area contributed by atoms with Crippen molar-refractivity contribution in [3.05, 3.63) is 88.5 Å². The summed E-state index contributed by atoms with van der Waals surface area (Å²) in [6.07, 6.45) is 0. The number of nitrogens with zero attached hydrogens (tertiary/aromatic N) is 2. The Morgan fingerprint density at radius 1 is 1.07 bits per heavy atom. The number of hydrogen-bond donors (Lipinski definition) is 2. The van der Waals surface area contributed by atoms with Crippen LogP contribution >= 0.6 is 0 Å². The van der Waals surface area contributed by atoms with Gasteiger partial charge in [-0.3, -0.25) is 14.2 Å². The maximum atomic E-state index is 12.8. The number of aromatic nitrogens is 2. The van der Waals surface area contributed by atoms with E-state index in [9.17, 15) is 9.59 Å². The van der Waals surface area contributed by atoms with Gasteiger partial charge in [0.15, 0.2) is 0 Å². The number of benzene rings is 3. The van der Waals surface area contributed by atoms with Gasteiger partial charge in [0.1, 0.15) is 12.4 Å². The molecular formula is C23H22N4O2. The zero-order valence-corrected chi connectivity index (χ0v) is 16.1. The summed E-state index contributed by atoms with van der Waals surface area (Å²) in [5.41, 5.74) is 6.84. The van der Waals surface area contributed by atoms with E-state index in [1.807, 2.05) is 18.2 Å². The minimum Gasteiger partial charge on any atom is -0.368 e. The monoisotopic (exact) mass is 386 g/mol. The highest BCUT2D eigenvalue weighted by Gasteiger charge is 2.14. The molecule has 6 heteroatoms. The normalized spacial score (nSPS) is 12.3. The molecular weight excluding hydrogens is 364 g/mol. The summed E-state index contributed by atoms with van der Waals surface area (Å²) in [7, 11) is 0. The Hall–Kier alpha value is -3.51. The molecule has 0 fully saturated rings. The highest BCUT2D eigenvalue weighted by molar-refractivity contribution is 5.83. The highest BCUT2D eigenvalue weighted by Crippen LogP contribution is 2.20. The molecule has 0 unspecified atom stereocenters. The Morgan fingerprint density at radius 2 is 1.79 bits per heavy atom. The minimum absolute atomic E-state index is 0.0324. The lowest BCUT2D eigenvalue weighted by atomic mass is 10.0. The van der Waals surface area contributed by atoms with Crippen LogP contribution in [0.2, 0.25) is 0 Å². The van der Waals surface area contributed by atoms with Gasteiger partial charge in [-0.2, -0.15) is 0 Å². The predicted molar refractivity (Wildman–Crippen MR) is 114 cm³/mol. The van der Waals surface area contributed by atoms with Gasteiger partial charge >= 0.3 is 0 Å². The van der Waals surface area contributed by atoms with Crippen LogP contribution in [-0.4, -0.2) is 15.5 Å². The smallest absolute Gasteiger partial charge is 0.261 e. The molecule has 0 saturated carbocycles. The van der Waals surface area contributed by atoms with Crippen molar-refractivity contribution in [3.8, 4) is 0 Å². The van der Waals surface area contributed by atoms with Crippen LogP contribution in [-0.2, 0) is 17.9 Å². The third-order valence-electron chi connectivity index (χ3n) is 5.09. The van der Waals surface area contributed by atoms with E-state index >= 15 is 0 Å². The minimum atomic E-state index is -0.576. The lowest BCUT2D eigenvalue weighted by molar-refractivity contribution is -0.118. The van der Waals surface area contributed by atoms with Crippen LogP contribution in [0.3, 0.4) is 0 Å².